The molecule has 1 amide bonds. The van der Waals surface area contributed by atoms with Crippen molar-refractivity contribution in [2.75, 3.05) is 26.2 Å². The standard InChI is InChI=1S/C19H27F3N2O3S/c1-12(14-5-6-16(28-14)27-11-19(20,21)22)23-17(26)13-7-8-24(9-13)10-15(25)18(2,3)4/h5-6,12-13H,7-11H2,1-4H3,(H,23,26)/t12?,13-/m1/s1. The third-order valence-corrected chi connectivity index (χ3v) is 5.79. The van der Waals surface area contributed by atoms with Crippen LogP contribution in [0.3, 0.4) is 0 Å². The Morgan fingerprint density at radius 3 is 2.61 bits per heavy atom. The van der Waals surface area contributed by atoms with Crippen LogP contribution in [0.4, 0.5) is 13.2 Å². The molecule has 0 aliphatic carbocycles. The number of halogens is 3. The number of ketones is 1. The molecule has 1 aromatic heterocycles. The van der Waals surface area contributed by atoms with E-state index in [2.05, 4.69) is 5.32 Å². The van der Waals surface area contributed by atoms with Crippen LogP contribution in [-0.2, 0) is 9.59 Å². The SMILES string of the molecule is CC(NC(=O)[C@@H]1CCN(CC(=O)C(C)(C)C)C1)c1ccc(OCC(F)(F)F)s1. The maximum Gasteiger partial charge on any atom is 0.422 e. The summed E-state index contributed by atoms with van der Waals surface area (Å²) in [5, 5.41) is 3.08. The molecule has 0 saturated carbocycles. The fourth-order valence-corrected chi connectivity index (χ4v) is 3.69. The van der Waals surface area contributed by atoms with E-state index in [0.29, 0.717) is 26.1 Å². The molecule has 1 N–H and O–H groups in total. The molecular weight excluding hydrogens is 393 g/mol. The van der Waals surface area contributed by atoms with Gasteiger partial charge in [0, 0.05) is 16.8 Å². The van der Waals surface area contributed by atoms with Gasteiger partial charge in [0.25, 0.3) is 0 Å². The molecule has 28 heavy (non-hydrogen) atoms. The van der Waals surface area contributed by atoms with E-state index in [1.165, 1.54) is 6.07 Å². The first-order valence-corrected chi connectivity index (χ1v) is 10.0. The molecular formula is C19H27F3N2O3S. The number of Topliss-reactive ketones (excluding diaryl/α,β-unsaturated/α-hetero) is 1. The Morgan fingerprint density at radius 2 is 2.00 bits per heavy atom. The molecule has 0 radical (unpaired) electrons. The Balaban J connectivity index is 1.83. The van der Waals surface area contributed by atoms with Gasteiger partial charge in [-0.3, -0.25) is 14.5 Å². The van der Waals surface area contributed by atoms with Gasteiger partial charge < -0.3 is 10.1 Å². The maximum absolute atomic E-state index is 12.5. The molecule has 1 aliphatic heterocycles. The second-order valence-electron chi connectivity index (χ2n) is 8.18. The van der Waals surface area contributed by atoms with Gasteiger partial charge in [-0.2, -0.15) is 13.2 Å². The van der Waals surface area contributed by atoms with Gasteiger partial charge in [0.1, 0.15) is 0 Å². The normalized spacial score (nSPS) is 19.5. The van der Waals surface area contributed by atoms with Crippen LogP contribution < -0.4 is 10.1 Å². The van der Waals surface area contributed by atoms with Crippen molar-refractivity contribution < 1.29 is 27.5 Å². The van der Waals surface area contributed by atoms with E-state index in [1.54, 1.807) is 13.0 Å². The van der Waals surface area contributed by atoms with Crippen LogP contribution in [0.15, 0.2) is 12.1 Å². The Hall–Kier alpha value is -1.61. The van der Waals surface area contributed by atoms with E-state index in [-0.39, 0.29) is 28.7 Å². The molecule has 1 saturated heterocycles. The summed E-state index contributed by atoms with van der Waals surface area (Å²) in [6.45, 7) is 7.66. The van der Waals surface area contributed by atoms with Crippen LogP contribution in [0.5, 0.6) is 5.06 Å². The number of ether oxygens (including phenoxy) is 1. The highest BCUT2D eigenvalue weighted by molar-refractivity contribution is 7.13. The summed E-state index contributed by atoms with van der Waals surface area (Å²) in [5.74, 6) is -0.160. The van der Waals surface area contributed by atoms with Gasteiger partial charge in [-0.05, 0) is 32.0 Å². The van der Waals surface area contributed by atoms with E-state index in [9.17, 15) is 22.8 Å². The molecule has 1 aromatic rings. The lowest BCUT2D eigenvalue weighted by Gasteiger charge is -2.22. The average Bonchev–Trinajstić information content (AvgIpc) is 3.20. The van der Waals surface area contributed by atoms with E-state index in [0.717, 1.165) is 16.2 Å². The van der Waals surface area contributed by atoms with Crippen molar-refractivity contribution in [1.82, 2.24) is 10.2 Å². The summed E-state index contributed by atoms with van der Waals surface area (Å²) in [4.78, 5) is 27.4. The zero-order valence-corrected chi connectivity index (χ0v) is 17.4. The monoisotopic (exact) mass is 420 g/mol. The average molecular weight is 420 g/mol. The van der Waals surface area contributed by atoms with Gasteiger partial charge in [0.05, 0.1) is 18.5 Å². The van der Waals surface area contributed by atoms with Gasteiger partial charge >= 0.3 is 6.18 Å². The van der Waals surface area contributed by atoms with Crippen molar-refractivity contribution in [3.8, 4) is 5.06 Å². The van der Waals surface area contributed by atoms with Gasteiger partial charge in [0.2, 0.25) is 5.91 Å². The number of hydrogen-bond donors (Lipinski definition) is 1. The summed E-state index contributed by atoms with van der Waals surface area (Å²) < 4.78 is 41.4. The molecule has 1 unspecified atom stereocenters. The largest absolute Gasteiger partial charge is 0.475 e. The minimum Gasteiger partial charge on any atom is -0.475 e. The summed E-state index contributed by atoms with van der Waals surface area (Å²) >= 11 is 1.09. The first-order chi connectivity index (χ1) is 12.8. The molecule has 2 rings (SSSR count). The number of carbonyl (C=O) groups is 2. The van der Waals surface area contributed by atoms with E-state index in [4.69, 9.17) is 4.74 Å². The molecule has 1 fully saturated rings. The molecule has 1 aliphatic rings. The van der Waals surface area contributed by atoms with Crippen LogP contribution in [0.2, 0.25) is 0 Å². The van der Waals surface area contributed by atoms with Gasteiger partial charge in [0.15, 0.2) is 17.5 Å². The fraction of sp³-hybridized carbons (Fsp3) is 0.684. The van der Waals surface area contributed by atoms with Gasteiger partial charge in [-0.15, -0.1) is 11.3 Å². The number of amides is 1. The van der Waals surface area contributed by atoms with Crippen molar-refractivity contribution in [1.29, 1.82) is 0 Å². The third-order valence-electron chi connectivity index (χ3n) is 4.61. The lowest BCUT2D eigenvalue weighted by atomic mass is 9.90. The molecule has 0 bridgehead atoms. The smallest absolute Gasteiger partial charge is 0.422 e. The van der Waals surface area contributed by atoms with E-state index < -0.39 is 18.2 Å². The van der Waals surface area contributed by atoms with Crippen molar-refractivity contribution in [3.05, 3.63) is 17.0 Å². The van der Waals surface area contributed by atoms with Crippen LogP contribution in [0.1, 0.15) is 45.0 Å². The predicted molar refractivity (Wildman–Crippen MR) is 101 cm³/mol. The number of hydrogen-bond acceptors (Lipinski definition) is 5. The lowest BCUT2D eigenvalue weighted by molar-refractivity contribution is -0.152. The molecule has 2 heterocycles. The highest BCUT2D eigenvalue weighted by Crippen LogP contribution is 2.31. The third kappa shape index (κ3) is 6.77. The Bertz CT molecular complexity index is 697. The van der Waals surface area contributed by atoms with E-state index >= 15 is 0 Å². The second kappa shape index (κ2) is 8.82. The van der Waals surface area contributed by atoms with Crippen molar-refractivity contribution in [2.45, 2.75) is 46.3 Å². The number of carbonyl (C=O) groups excluding carboxylic acids is 2. The first-order valence-electron chi connectivity index (χ1n) is 9.20. The summed E-state index contributed by atoms with van der Waals surface area (Å²) in [6.07, 6.45) is -3.70. The highest BCUT2D eigenvalue weighted by Gasteiger charge is 2.32. The van der Waals surface area contributed by atoms with Crippen molar-refractivity contribution in [2.24, 2.45) is 11.3 Å². The number of alkyl halides is 3. The predicted octanol–water partition coefficient (Wildman–Crippen LogP) is 3.80. The first kappa shape index (κ1) is 22.7. The maximum atomic E-state index is 12.5. The van der Waals surface area contributed by atoms with Crippen LogP contribution in [0.25, 0.3) is 0 Å². The highest BCUT2D eigenvalue weighted by atomic mass is 32.1. The van der Waals surface area contributed by atoms with Gasteiger partial charge in [-0.25, -0.2) is 0 Å². The summed E-state index contributed by atoms with van der Waals surface area (Å²) in [7, 11) is 0. The number of nitrogens with one attached hydrogen (secondary N) is 1. The van der Waals surface area contributed by atoms with Crippen LogP contribution in [0, 0.1) is 11.3 Å². The van der Waals surface area contributed by atoms with Gasteiger partial charge in [-0.1, -0.05) is 20.8 Å². The van der Waals surface area contributed by atoms with Crippen LogP contribution >= 0.6 is 11.3 Å². The summed E-state index contributed by atoms with van der Waals surface area (Å²) in [6, 6.07) is 2.81. The topological polar surface area (TPSA) is 58.6 Å². The van der Waals surface area contributed by atoms with E-state index in [1.807, 2.05) is 25.7 Å². The molecule has 0 spiro atoms. The van der Waals surface area contributed by atoms with Crippen molar-refractivity contribution in [3.63, 3.8) is 0 Å². The lowest BCUT2D eigenvalue weighted by Crippen LogP contribution is -2.37. The minimum atomic E-state index is -4.38. The van der Waals surface area contributed by atoms with Crippen LogP contribution in [-0.4, -0.2) is 49.0 Å². The number of rotatable bonds is 7. The Morgan fingerprint density at radius 1 is 1.32 bits per heavy atom. The Kier molecular flexibility index (Phi) is 7.14. The van der Waals surface area contributed by atoms with Crippen molar-refractivity contribution >= 4 is 23.0 Å². The zero-order valence-electron chi connectivity index (χ0n) is 16.6. The molecule has 0 aromatic carbocycles. The molecule has 5 nitrogen and oxygen atoms in total. The quantitative estimate of drug-likeness (QED) is 0.729. The zero-order chi connectivity index (χ0) is 21.1. The molecule has 158 valence electrons. The second-order valence-corrected chi connectivity index (χ2v) is 9.26. The number of likely N-dealkylation sites (tertiary alicyclic amines) is 1. The molecule has 9 heteroatoms. The minimum absolute atomic E-state index is 0.107. The molecule has 2 atom stereocenters. The fourth-order valence-electron chi connectivity index (χ4n) is 2.83. The number of thiophene rings is 1. The summed E-state index contributed by atoms with van der Waals surface area (Å²) in [5.41, 5.74) is -0.403. The number of nitrogens with zero attached hydrogens (tertiary/aromatic N) is 1. The Labute approximate surface area is 167 Å².